The van der Waals surface area contributed by atoms with E-state index in [0.29, 0.717) is 13.1 Å². The third kappa shape index (κ3) is 5.09. The zero-order valence-electron chi connectivity index (χ0n) is 14.2. The number of nitrogens with one attached hydrogen (secondary N) is 2. The third-order valence-electron chi connectivity index (χ3n) is 3.83. The van der Waals surface area contributed by atoms with Crippen molar-refractivity contribution in [1.29, 1.82) is 0 Å². The van der Waals surface area contributed by atoms with Gasteiger partial charge < -0.3 is 10.6 Å². The van der Waals surface area contributed by atoms with E-state index in [0.717, 1.165) is 0 Å². The molecule has 2 amide bonds. The molecule has 23 heavy (non-hydrogen) atoms. The fourth-order valence-electron chi connectivity index (χ4n) is 2.34. The second kappa shape index (κ2) is 7.26. The molecule has 0 saturated heterocycles. The molecule has 0 aliphatic rings. The predicted molar refractivity (Wildman–Crippen MR) is 90.2 cm³/mol. The lowest BCUT2D eigenvalue weighted by molar-refractivity contribution is 0.233. The average molecular weight is 315 g/mol. The van der Waals surface area contributed by atoms with Crippen molar-refractivity contribution in [3.63, 3.8) is 0 Å². The molecule has 2 rings (SSSR count). The van der Waals surface area contributed by atoms with Crippen LogP contribution < -0.4 is 10.6 Å². The standard InChI is InChI=1S/C17H25N5O/c1-13-5-7-15(8-6-13)17(3,4)10-19-16(23)21-14(2)9-22-12-18-11-20-22/h5-8,11-12,14H,9-10H2,1-4H3,(H2,19,21,23). The summed E-state index contributed by atoms with van der Waals surface area (Å²) in [7, 11) is 0. The van der Waals surface area contributed by atoms with Crippen molar-refractivity contribution in [2.24, 2.45) is 0 Å². The van der Waals surface area contributed by atoms with Gasteiger partial charge in [-0.25, -0.2) is 9.78 Å². The number of urea groups is 1. The highest BCUT2D eigenvalue weighted by Gasteiger charge is 2.21. The second-order valence-corrected chi connectivity index (χ2v) is 6.60. The molecule has 1 unspecified atom stereocenters. The van der Waals surface area contributed by atoms with Gasteiger partial charge in [0, 0.05) is 18.0 Å². The Morgan fingerprint density at radius 1 is 1.30 bits per heavy atom. The van der Waals surface area contributed by atoms with Gasteiger partial charge in [-0.05, 0) is 19.4 Å². The molecule has 1 heterocycles. The molecule has 1 aromatic carbocycles. The van der Waals surface area contributed by atoms with E-state index in [2.05, 4.69) is 65.8 Å². The van der Waals surface area contributed by atoms with Crippen LogP contribution in [0.1, 0.15) is 31.9 Å². The van der Waals surface area contributed by atoms with Gasteiger partial charge in [0.25, 0.3) is 0 Å². The van der Waals surface area contributed by atoms with Gasteiger partial charge in [-0.2, -0.15) is 5.10 Å². The Labute approximate surface area is 137 Å². The summed E-state index contributed by atoms with van der Waals surface area (Å²) in [6.45, 7) is 9.41. The lowest BCUT2D eigenvalue weighted by Gasteiger charge is -2.26. The molecule has 2 N–H and O–H groups in total. The van der Waals surface area contributed by atoms with Gasteiger partial charge in [0.15, 0.2) is 0 Å². The van der Waals surface area contributed by atoms with Crippen LogP contribution in [0, 0.1) is 6.92 Å². The van der Waals surface area contributed by atoms with Crippen LogP contribution in [-0.4, -0.2) is 33.4 Å². The highest BCUT2D eigenvalue weighted by molar-refractivity contribution is 5.74. The van der Waals surface area contributed by atoms with E-state index in [4.69, 9.17) is 0 Å². The van der Waals surface area contributed by atoms with Gasteiger partial charge in [0.2, 0.25) is 0 Å². The maximum absolute atomic E-state index is 12.0. The van der Waals surface area contributed by atoms with Crippen LogP contribution in [0.3, 0.4) is 0 Å². The summed E-state index contributed by atoms with van der Waals surface area (Å²) >= 11 is 0. The van der Waals surface area contributed by atoms with Crippen LogP contribution in [0.2, 0.25) is 0 Å². The normalized spacial score (nSPS) is 12.7. The number of aryl methyl sites for hydroxylation is 1. The van der Waals surface area contributed by atoms with Gasteiger partial charge in [-0.1, -0.05) is 43.7 Å². The molecule has 1 aromatic heterocycles. The topological polar surface area (TPSA) is 71.8 Å². The molecule has 2 aromatic rings. The van der Waals surface area contributed by atoms with Crippen molar-refractivity contribution in [1.82, 2.24) is 25.4 Å². The lowest BCUT2D eigenvalue weighted by Crippen LogP contribution is -2.46. The van der Waals surface area contributed by atoms with Crippen molar-refractivity contribution >= 4 is 6.03 Å². The number of nitrogens with zero attached hydrogens (tertiary/aromatic N) is 3. The molecule has 6 heteroatoms. The Bertz CT molecular complexity index is 619. The van der Waals surface area contributed by atoms with Crippen LogP contribution in [0.4, 0.5) is 4.79 Å². The highest BCUT2D eigenvalue weighted by atomic mass is 16.2. The second-order valence-electron chi connectivity index (χ2n) is 6.60. The number of aromatic nitrogens is 3. The van der Waals surface area contributed by atoms with E-state index in [1.807, 2.05) is 6.92 Å². The summed E-state index contributed by atoms with van der Waals surface area (Å²) in [5.41, 5.74) is 2.32. The maximum atomic E-state index is 12.0. The molecule has 0 radical (unpaired) electrons. The van der Waals surface area contributed by atoms with E-state index in [1.54, 1.807) is 11.0 Å². The first-order valence-electron chi connectivity index (χ1n) is 7.81. The highest BCUT2D eigenvalue weighted by Crippen LogP contribution is 2.22. The molecule has 0 aliphatic carbocycles. The van der Waals surface area contributed by atoms with E-state index in [9.17, 15) is 4.79 Å². The summed E-state index contributed by atoms with van der Waals surface area (Å²) in [6, 6.07) is 8.22. The summed E-state index contributed by atoms with van der Waals surface area (Å²) in [4.78, 5) is 15.9. The van der Waals surface area contributed by atoms with Crippen LogP contribution in [-0.2, 0) is 12.0 Å². The first kappa shape index (κ1) is 17.0. The summed E-state index contributed by atoms with van der Waals surface area (Å²) in [6.07, 6.45) is 3.12. The molecule has 0 bridgehead atoms. The van der Waals surface area contributed by atoms with Gasteiger partial charge in [-0.3, -0.25) is 4.68 Å². The molecule has 0 aliphatic heterocycles. The van der Waals surface area contributed by atoms with Crippen molar-refractivity contribution in [2.75, 3.05) is 6.54 Å². The first-order valence-corrected chi connectivity index (χ1v) is 7.81. The Balaban J connectivity index is 1.82. The van der Waals surface area contributed by atoms with Gasteiger partial charge >= 0.3 is 6.03 Å². The molecule has 6 nitrogen and oxygen atoms in total. The van der Waals surface area contributed by atoms with Crippen molar-refractivity contribution in [2.45, 2.75) is 45.7 Å². The van der Waals surface area contributed by atoms with E-state index < -0.39 is 0 Å². The van der Waals surface area contributed by atoms with E-state index in [1.165, 1.54) is 17.5 Å². The minimum atomic E-state index is -0.169. The van der Waals surface area contributed by atoms with Crippen LogP contribution >= 0.6 is 0 Å². The largest absolute Gasteiger partial charge is 0.337 e. The predicted octanol–water partition coefficient (Wildman–Crippen LogP) is 2.25. The Morgan fingerprint density at radius 2 is 2.00 bits per heavy atom. The smallest absolute Gasteiger partial charge is 0.315 e. The number of carbonyl (C=O) groups excluding carboxylic acids is 1. The monoisotopic (exact) mass is 315 g/mol. The summed E-state index contributed by atoms with van der Waals surface area (Å²) < 4.78 is 1.70. The van der Waals surface area contributed by atoms with Crippen molar-refractivity contribution in [3.8, 4) is 0 Å². The summed E-state index contributed by atoms with van der Waals surface area (Å²) in [5.74, 6) is 0. The minimum absolute atomic E-state index is 0.0285. The molecule has 1 atom stereocenters. The van der Waals surface area contributed by atoms with E-state index >= 15 is 0 Å². The number of hydrogen-bond donors (Lipinski definition) is 2. The van der Waals surface area contributed by atoms with Gasteiger partial charge in [0.1, 0.15) is 12.7 Å². The molecular weight excluding hydrogens is 290 g/mol. The Kier molecular flexibility index (Phi) is 5.36. The lowest BCUT2D eigenvalue weighted by atomic mass is 9.84. The van der Waals surface area contributed by atoms with Crippen LogP contribution in [0.5, 0.6) is 0 Å². The SMILES string of the molecule is Cc1ccc(C(C)(C)CNC(=O)NC(C)Cn2cncn2)cc1. The molecule has 0 saturated carbocycles. The first-order chi connectivity index (χ1) is 10.9. The molecular formula is C17H25N5O. The van der Waals surface area contributed by atoms with Crippen molar-refractivity contribution < 1.29 is 4.79 Å². The number of carbonyl (C=O) groups is 1. The molecule has 0 fully saturated rings. The Morgan fingerprint density at radius 3 is 2.61 bits per heavy atom. The number of amides is 2. The fourth-order valence-corrected chi connectivity index (χ4v) is 2.34. The molecule has 0 spiro atoms. The molecule has 124 valence electrons. The van der Waals surface area contributed by atoms with E-state index in [-0.39, 0.29) is 17.5 Å². The zero-order valence-corrected chi connectivity index (χ0v) is 14.2. The van der Waals surface area contributed by atoms with Gasteiger partial charge in [0.05, 0.1) is 6.54 Å². The third-order valence-corrected chi connectivity index (χ3v) is 3.83. The number of benzene rings is 1. The van der Waals surface area contributed by atoms with Crippen LogP contribution in [0.15, 0.2) is 36.9 Å². The Hall–Kier alpha value is -2.37. The van der Waals surface area contributed by atoms with Crippen molar-refractivity contribution in [3.05, 3.63) is 48.0 Å². The minimum Gasteiger partial charge on any atom is -0.337 e. The maximum Gasteiger partial charge on any atom is 0.315 e. The number of hydrogen-bond acceptors (Lipinski definition) is 3. The summed E-state index contributed by atoms with van der Waals surface area (Å²) in [5, 5.41) is 9.89. The average Bonchev–Trinajstić information content (AvgIpc) is 2.98. The fraction of sp³-hybridized carbons (Fsp3) is 0.471. The zero-order chi connectivity index (χ0) is 16.9. The number of rotatable bonds is 6. The van der Waals surface area contributed by atoms with Gasteiger partial charge in [-0.15, -0.1) is 0 Å². The quantitative estimate of drug-likeness (QED) is 0.859. The van der Waals surface area contributed by atoms with Crippen LogP contribution in [0.25, 0.3) is 0 Å².